The molecule has 7 heteroatoms. The maximum atomic E-state index is 12.0. The van der Waals surface area contributed by atoms with Crippen LogP contribution in [-0.2, 0) is 4.74 Å². The van der Waals surface area contributed by atoms with Crippen LogP contribution < -0.4 is 4.74 Å². The molecule has 0 N–H and O–H groups in total. The van der Waals surface area contributed by atoms with Gasteiger partial charge in [-0.25, -0.2) is 4.79 Å². The molecule has 0 bridgehead atoms. The smallest absolute Gasteiger partial charge is 0.410 e. The predicted molar refractivity (Wildman–Crippen MR) is 89.1 cm³/mol. The highest BCUT2D eigenvalue weighted by Crippen LogP contribution is 2.22. The second-order valence-corrected chi connectivity index (χ2v) is 6.97. The molecular formula is C17H24N2O5. The van der Waals surface area contributed by atoms with Crippen molar-refractivity contribution in [3.05, 3.63) is 34.4 Å². The molecule has 24 heavy (non-hydrogen) atoms. The minimum atomic E-state index is -0.479. The van der Waals surface area contributed by atoms with Gasteiger partial charge in [0, 0.05) is 25.2 Å². The Morgan fingerprint density at radius 1 is 1.25 bits per heavy atom. The third-order valence-electron chi connectivity index (χ3n) is 3.80. The molecule has 1 saturated heterocycles. The van der Waals surface area contributed by atoms with E-state index in [1.807, 2.05) is 20.8 Å². The highest BCUT2D eigenvalue weighted by Gasteiger charge is 2.27. The van der Waals surface area contributed by atoms with Crippen LogP contribution in [0, 0.1) is 16.0 Å². The molecule has 132 valence electrons. The van der Waals surface area contributed by atoms with Gasteiger partial charge in [-0.2, -0.15) is 0 Å². The van der Waals surface area contributed by atoms with Crippen molar-refractivity contribution in [2.75, 3.05) is 19.7 Å². The molecule has 1 aromatic rings. The summed E-state index contributed by atoms with van der Waals surface area (Å²) in [6, 6.07) is 6.07. The number of piperidine rings is 1. The molecule has 0 aromatic heterocycles. The van der Waals surface area contributed by atoms with Crippen molar-refractivity contribution >= 4 is 11.8 Å². The van der Waals surface area contributed by atoms with Gasteiger partial charge in [-0.15, -0.1) is 0 Å². The average Bonchev–Trinajstić information content (AvgIpc) is 2.52. The molecule has 0 radical (unpaired) electrons. The van der Waals surface area contributed by atoms with E-state index in [9.17, 15) is 14.9 Å². The molecule has 2 rings (SSSR count). The highest BCUT2D eigenvalue weighted by molar-refractivity contribution is 5.68. The van der Waals surface area contributed by atoms with Crippen molar-refractivity contribution in [3.63, 3.8) is 0 Å². The topological polar surface area (TPSA) is 81.9 Å². The number of carbonyl (C=O) groups excluding carboxylic acids is 1. The Morgan fingerprint density at radius 3 is 2.33 bits per heavy atom. The van der Waals surface area contributed by atoms with Crippen LogP contribution in [0.2, 0.25) is 0 Å². The van der Waals surface area contributed by atoms with Crippen molar-refractivity contribution in [2.45, 2.75) is 39.2 Å². The number of non-ortho nitro benzene ring substituents is 1. The number of nitro benzene ring substituents is 1. The first-order valence-electron chi connectivity index (χ1n) is 8.10. The summed E-state index contributed by atoms with van der Waals surface area (Å²) in [6.45, 7) is 7.42. The van der Waals surface area contributed by atoms with E-state index in [-0.39, 0.29) is 11.8 Å². The summed E-state index contributed by atoms with van der Waals surface area (Å²) in [5.41, 5.74) is -0.430. The highest BCUT2D eigenvalue weighted by atomic mass is 16.6. The number of amides is 1. The number of likely N-dealkylation sites (tertiary alicyclic amines) is 1. The Kier molecular flexibility index (Phi) is 5.64. The van der Waals surface area contributed by atoms with Gasteiger partial charge in [-0.3, -0.25) is 10.1 Å². The maximum absolute atomic E-state index is 12.0. The summed E-state index contributed by atoms with van der Waals surface area (Å²) < 4.78 is 11.1. The lowest BCUT2D eigenvalue weighted by atomic mass is 9.98. The largest absolute Gasteiger partial charge is 0.493 e. The molecule has 1 heterocycles. The van der Waals surface area contributed by atoms with Crippen LogP contribution in [0.4, 0.5) is 10.5 Å². The van der Waals surface area contributed by atoms with E-state index in [0.29, 0.717) is 31.4 Å². The molecular weight excluding hydrogens is 312 g/mol. The molecule has 0 atom stereocenters. The van der Waals surface area contributed by atoms with Crippen LogP contribution in [0.3, 0.4) is 0 Å². The number of rotatable bonds is 4. The first-order valence-corrected chi connectivity index (χ1v) is 8.10. The second-order valence-electron chi connectivity index (χ2n) is 6.97. The molecule has 0 saturated carbocycles. The number of ether oxygens (including phenoxy) is 2. The van der Waals surface area contributed by atoms with Crippen LogP contribution in [0.25, 0.3) is 0 Å². The predicted octanol–water partition coefficient (Wildman–Crippen LogP) is 3.62. The molecule has 0 spiro atoms. The van der Waals surface area contributed by atoms with Crippen molar-refractivity contribution in [2.24, 2.45) is 5.92 Å². The van der Waals surface area contributed by atoms with E-state index in [2.05, 4.69) is 0 Å². The number of hydrogen-bond acceptors (Lipinski definition) is 5. The van der Waals surface area contributed by atoms with Gasteiger partial charge in [0.05, 0.1) is 11.5 Å². The second kappa shape index (κ2) is 7.51. The first kappa shape index (κ1) is 18.0. The quantitative estimate of drug-likeness (QED) is 0.619. The normalized spacial score (nSPS) is 15.9. The lowest BCUT2D eigenvalue weighted by molar-refractivity contribution is -0.384. The van der Waals surface area contributed by atoms with Crippen LogP contribution >= 0.6 is 0 Å². The van der Waals surface area contributed by atoms with Gasteiger partial charge in [0.2, 0.25) is 0 Å². The van der Waals surface area contributed by atoms with E-state index in [1.54, 1.807) is 17.0 Å². The van der Waals surface area contributed by atoms with Gasteiger partial charge < -0.3 is 14.4 Å². The third-order valence-corrected chi connectivity index (χ3v) is 3.80. The van der Waals surface area contributed by atoms with Gasteiger partial charge in [0.25, 0.3) is 5.69 Å². The summed E-state index contributed by atoms with van der Waals surface area (Å²) in [7, 11) is 0. The van der Waals surface area contributed by atoms with Crippen molar-refractivity contribution in [1.82, 2.24) is 4.90 Å². The van der Waals surface area contributed by atoms with E-state index in [1.165, 1.54) is 12.1 Å². The monoisotopic (exact) mass is 336 g/mol. The van der Waals surface area contributed by atoms with Crippen molar-refractivity contribution < 1.29 is 19.2 Å². The van der Waals surface area contributed by atoms with Gasteiger partial charge in [-0.05, 0) is 51.7 Å². The minimum Gasteiger partial charge on any atom is -0.493 e. The van der Waals surface area contributed by atoms with E-state index >= 15 is 0 Å². The molecule has 0 aliphatic carbocycles. The van der Waals surface area contributed by atoms with Crippen molar-refractivity contribution in [3.8, 4) is 5.75 Å². The number of hydrogen-bond donors (Lipinski definition) is 0. The number of nitro groups is 1. The summed E-state index contributed by atoms with van der Waals surface area (Å²) >= 11 is 0. The molecule has 1 aliphatic heterocycles. The lowest BCUT2D eigenvalue weighted by Gasteiger charge is -2.33. The fourth-order valence-corrected chi connectivity index (χ4v) is 2.49. The van der Waals surface area contributed by atoms with Crippen LogP contribution in [-0.4, -0.2) is 41.2 Å². The SMILES string of the molecule is CC(C)(C)OC(=O)N1CCC(COc2ccc([N+](=O)[O-])cc2)CC1. The Balaban J connectivity index is 1.75. The van der Waals surface area contributed by atoms with E-state index in [0.717, 1.165) is 12.8 Å². The standard InChI is InChI=1S/C17H24N2O5/c1-17(2,3)24-16(20)18-10-8-13(9-11-18)12-23-15-6-4-14(5-7-15)19(21)22/h4-7,13H,8-12H2,1-3H3. The Hall–Kier alpha value is -2.31. The summed E-state index contributed by atoms with van der Waals surface area (Å²) in [4.78, 5) is 23.9. The zero-order valence-corrected chi connectivity index (χ0v) is 14.4. The van der Waals surface area contributed by atoms with E-state index in [4.69, 9.17) is 9.47 Å². The minimum absolute atomic E-state index is 0.0491. The number of benzene rings is 1. The first-order chi connectivity index (χ1) is 11.2. The summed E-state index contributed by atoms with van der Waals surface area (Å²) in [5.74, 6) is 0.981. The molecule has 1 aromatic carbocycles. The summed E-state index contributed by atoms with van der Waals surface area (Å²) in [6.07, 6.45) is 1.44. The van der Waals surface area contributed by atoms with Crippen LogP contribution in [0.1, 0.15) is 33.6 Å². The van der Waals surface area contributed by atoms with Crippen molar-refractivity contribution in [1.29, 1.82) is 0 Å². The summed E-state index contributed by atoms with van der Waals surface area (Å²) in [5, 5.41) is 10.6. The van der Waals surface area contributed by atoms with Gasteiger partial charge in [0.1, 0.15) is 11.4 Å². The molecule has 7 nitrogen and oxygen atoms in total. The molecule has 1 aliphatic rings. The zero-order chi connectivity index (χ0) is 17.7. The fraction of sp³-hybridized carbons (Fsp3) is 0.588. The Labute approximate surface area is 141 Å². The molecule has 1 amide bonds. The maximum Gasteiger partial charge on any atom is 0.410 e. The van der Waals surface area contributed by atoms with Gasteiger partial charge in [0.15, 0.2) is 0 Å². The van der Waals surface area contributed by atoms with Crippen LogP contribution in [0.5, 0.6) is 5.75 Å². The Morgan fingerprint density at radius 2 is 1.83 bits per heavy atom. The van der Waals surface area contributed by atoms with Gasteiger partial charge in [-0.1, -0.05) is 0 Å². The third kappa shape index (κ3) is 5.40. The fourth-order valence-electron chi connectivity index (χ4n) is 2.49. The Bertz CT molecular complexity index is 572. The molecule has 0 unspecified atom stereocenters. The van der Waals surface area contributed by atoms with Crippen LogP contribution in [0.15, 0.2) is 24.3 Å². The average molecular weight is 336 g/mol. The number of nitrogens with zero attached hydrogens (tertiary/aromatic N) is 2. The lowest BCUT2D eigenvalue weighted by Crippen LogP contribution is -2.42. The molecule has 1 fully saturated rings. The van der Waals surface area contributed by atoms with Gasteiger partial charge >= 0.3 is 6.09 Å². The number of carbonyl (C=O) groups is 1. The van der Waals surface area contributed by atoms with E-state index < -0.39 is 10.5 Å². The zero-order valence-electron chi connectivity index (χ0n) is 14.4.